The Morgan fingerprint density at radius 3 is 2.53 bits per heavy atom. The number of rotatable bonds is 7. The average molecular weight is 212 g/mol. The number of carbonyl (C=O) groups excluding carboxylic acids is 1. The van der Waals surface area contributed by atoms with Gasteiger partial charge in [0.25, 0.3) is 0 Å². The van der Waals surface area contributed by atoms with Crippen molar-refractivity contribution in [2.24, 2.45) is 5.92 Å². The Bertz CT molecular complexity index is 211. The molecule has 88 valence electrons. The van der Waals surface area contributed by atoms with Gasteiger partial charge in [-0.15, -0.1) is 0 Å². The van der Waals surface area contributed by atoms with Crippen LogP contribution in [0, 0.1) is 5.92 Å². The van der Waals surface area contributed by atoms with E-state index in [9.17, 15) is 9.90 Å². The van der Waals surface area contributed by atoms with Crippen molar-refractivity contribution in [1.29, 1.82) is 0 Å². The van der Waals surface area contributed by atoms with Crippen LogP contribution in [0.4, 0.5) is 0 Å². The van der Waals surface area contributed by atoms with Gasteiger partial charge < -0.3 is 5.11 Å². The second-order valence-electron chi connectivity index (χ2n) is 5.11. The predicted octanol–water partition coefficient (Wildman–Crippen LogP) is 3.10. The lowest BCUT2D eigenvalue weighted by atomic mass is 9.95. The highest BCUT2D eigenvalue weighted by molar-refractivity contribution is 5.71. The molecule has 0 aliphatic carbocycles. The molecule has 0 saturated carbocycles. The molecule has 0 aromatic heterocycles. The third-order valence-electron chi connectivity index (χ3n) is 2.51. The number of aldehydes is 1. The summed E-state index contributed by atoms with van der Waals surface area (Å²) in [6.45, 7) is 7.69. The first-order valence-corrected chi connectivity index (χ1v) is 5.69. The Balaban J connectivity index is 3.67. The summed E-state index contributed by atoms with van der Waals surface area (Å²) in [4.78, 5) is 10.4. The van der Waals surface area contributed by atoms with E-state index < -0.39 is 5.60 Å². The van der Waals surface area contributed by atoms with E-state index in [2.05, 4.69) is 6.92 Å². The van der Waals surface area contributed by atoms with Crippen molar-refractivity contribution >= 4 is 6.29 Å². The van der Waals surface area contributed by atoms with E-state index in [-0.39, 0.29) is 0 Å². The molecule has 0 fully saturated rings. The maximum atomic E-state index is 10.4. The molecule has 0 radical (unpaired) electrons. The maximum Gasteiger partial charge on any atom is 0.145 e. The molecule has 2 nitrogen and oxygen atoms in total. The smallest absolute Gasteiger partial charge is 0.145 e. The molecule has 0 aliphatic rings. The number of carbonyl (C=O) groups is 1. The molecule has 0 amide bonds. The molecule has 15 heavy (non-hydrogen) atoms. The zero-order valence-corrected chi connectivity index (χ0v) is 10.4. The van der Waals surface area contributed by atoms with Crippen LogP contribution in [0.25, 0.3) is 0 Å². The van der Waals surface area contributed by atoms with Gasteiger partial charge in [0, 0.05) is 0 Å². The molecule has 1 N–H and O–H groups in total. The minimum Gasteiger partial charge on any atom is -0.390 e. The van der Waals surface area contributed by atoms with Crippen molar-refractivity contribution in [3.8, 4) is 0 Å². The van der Waals surface area contributed by atoms with E-state index >= 15 is 0 Å². The maximum absolute atomic E-state index is 10.4. The number of hydrogen-bond donors (Lipinski definition) is 1. The van der Waals surface area contributed by atoms with Crippen LogP contribution in [0.1, 0.15) is 53.4 Å². The van der Waals surface area contributed by atoms with Gasteiger partial charge in [0.1, 0.15) is 6.29 Å². The van der Waals surface area contributed by atoms with Crippen LogP contribution in [-0.2, 0) is 4.79 Å². The van der Waals surface area contributed by atoms with Crippen molar-refractivity contribution in [2.75, 3.05) is 0 Å². The largest absolute Gasteiger partial charge is 0.390 e. The van der Waals surface area contributed by atoms with E-state index in [0.29, 0.717) is 5.92 Å². The van der Waals surface area contributed by atoms with Crippen molar-refractivity contribution < 1.29 is 9.90 Å². The second-order valence-corrected chi connectivity index (χ2v) is 5.11. The van der Waals surface area contributed by atoms with E-state index in [1.54, 1.807) is 0 Å². The van der Waals surface area contributed by atoms with Gasteiger partial charge >= 0.3 is 0 Å². The Kier molecular flexibility index (Phi) is 6.50. The molecule has 0 saturated heterocycles. The van der Waals surface area contributed by atoms with Gasteiger partial charge in [-0.3, -0.25) is 4.79 Å². The minimum absolute atomic E-state index is 0.547. The van der Waals surface area contributed by atoms with Gasteiger partial charge in [-0.05, 0) is 45.1 Å². The molecule has 0 rings (SSSR count). The first-order chi connectivity index (χ1) is 6.85. The molecule has 0 heterocycles. The molecule has 1 unspecified atom stereocenters. The molecular formula is C13H24O2. The third kappa shape index (κ3) is 9.67. The summed E-state index contributed by atoms with van der Waals surface area (Å²) >= 11 is 0. The predicted molar refractivity (Wildman–Crippen MR) is 63.8 cm³/mol. The fourth-order valence-corrected chi connectivity index (χ4v) is 1.44. The lowest BCUT2D eigenvalue weighted by Crippen LogP contribution is -2.18. The highest BCUT2D eigenvalue weighted by Crippen LogP contribution is 2.18. The highest BCUT2D eigenvalue weighted by atomic mass is 16.3. The summed E-state index contributed by atoms with van der Waals surface area (Å²) in [5.74, 6) is 0.585. The summed E-state index contributed by atoms with van der Waals surface area (Å²) in [6.07, 6.45) is 6.82. The lowest BCUT2D eigenvalue weighted by molar-refractivity contribution is -0.104. The molecule has 2 heteroatoms. The topological polar surface area (TPSA) is 37.3 Å². The minimum atomic E-state index is -0.547. The van der Waals surface area contributed by atoms with Crippen LogP contribution in [-0.4, -0.2) is 17.0 Å². The van der Waals surface area contributed by atoms with Gasteiger partial charge in [0.05, 0.1) is 5.60 Å². The molecule has 0 aromatic carbocycles. The Hall–Kier alpha value is -0.630. The van der Waals surface area contributed by atoms with Crippen LogP contribution < -0.4 is 0 Å². The van der Waals surface area contributed by atoms with Crippen molar-refractivity contribution in [3.05, 3.63) is 11.6 Å². The molecule has 1 atom stereocenters. The average Bonchev–Trinajstić information content (AvgIpc) is 2.12. The standard InChI is InChI=1S/C13H24O2/c1-11(7-8-12(2)10-14)6-5-9-13(3,4)15/h8,10-11,15H,5-7,9H2,1-4H3. The monoisotopic (exact) mass is 212 g/mol. The van der Waals surface area contributed by atoms with Crippen LogP contribution in [0.2, 0.25) is 0 Å². The van der Waals surface area contributed by atoms with E-state index in [0.717, 1.165) is 37.5 Å². The fraction of sp³-hybridized carbons (Fsp3) is 0.769. The Morgan fingerprint density at radius 1 is 1.47 bits per heavy atom. The number of allylic oxidation sites excluding steroid dienone is 2. The normalized spacial score (nSPS) is 15.1. The summed E-state index contributed by atoms with van der Waals surface area (Å²) in [6, 6.07) is 0. The molecular weight excluding hydrogens is 188 g/mol. The first-order valence-electron chi connectivity index (χ1n) is 5.69. The summed E-state index contributed by atoms with van der Waals surface area (Å²) in [5, 5.41) is 9.53. The highest BCUT2D eigenvalue weighted by Gasteiger charge is 2.12. The zero-order valence-electron chi connectivity index (χ0n) is 10.4. The quantitative estimate of drug-likeness (QED) is 0.520. The van der Waals surface area contributed by atoms with Crippen LogP contribution in [0.5, 0.6) is 0 Å². The van der Waals surface area contributed by atoms with Crippen molar-refractivity contribution in [2.45, 2.75) is 59.0 Å². The second kappa shape index (κ2) is 6.78. The molecule has 0 spiro atoms. The zero-order chi connectivity index (χ0) is 11.9. The van der Waals surface area contributed by atoms with Crippen molar-refractivity contribution in [3.63, 3.8) is 0 Å². The number of aliphatic hydroxyl groups is 1. The van der Waals surface area contributed by atoms with Gasteiger partial charge in [-0.1, -0.05) is 25.8 Å². The van der Waals surface area contributed by atoms with Crippen LogP contribution in [0.3, 0.4) is 0 Å². The van der Waals surface area contributed by atoms with Crippen LogP contribution in [0.15, 0.2) is 11.6 Å². The third-order valence-corrected chi connectivity index (χ3v) is 2.51. The fourth-order valence-electron chi connectivity index (χ4n) is 1.44. The summed E-state index contributed by atoms with van der Waals surface area (Å²) in [5.41, 5.74) is 0.262. The van der Waals surface area contributed by atoms with Crippen LogP contribution >= 0.6 is 0 Å². The Morgan fingerprint density at radius 2 is 2.07 bits per heavy atom. The van der Waals surface area contributed by atoms with E-state index in [1.807, 2.05) is 26.8 Å². The van der Waals surface area contributed by atoms with E-state index in [1.165, 1.54) is 0 Å². The molecule has 0 aromatic rings. The van der Waals surface area contributed by atoms with Gasteiger partial charge in [0.15, 0.2) is 0 Å². The molecule has 0 bridgehead atoms. The molecule has 0 aliphatic heterocycles. The van der Waals surface area contributed by atoms with Gasteiger partial charge in [-0.25, -0.2) is 0 Å². The van der Waals surface area contributed by atoms with Gasteiger partial charge in [-0.2, -0.15) is 0 Å². The Labute approximate surface area is 93.4 Å². The van der Waals surface area contributed by atoms with Crippen molar-refractivity contribution in [1.82, 2.24) is 0 Å². The number of hydrogen-bond acceptors (Lipinski definition) is 2. The SMILES string of the molecule is CC(C=O)=CCC(C)CCCC(C)(C)O. The first kappa shape index (κ1) is 14.4. The summed E-state index contributed by atoms with van der Waals surface area (Å²) in [7, 11) is 0. The van der Waals surface area contributed by atoms with E-state index in [4.69, 9.17) is 0 Å². The summed E-state index contributed by atoms with van der Waals surface area (Å²) < 4.78 is 0. The van der Waals surface area contributed by atoms with Gasteiger partial charge in [0.2, 0.25) is 0 Å². The lowest BCUT2D eigenvalue weighted by Gasteiger charge is -2.17.